The van der Waals surface area contributed by atoms with Gasteiger partial charge < -0.3 is 4.74 Å². The third-order valence-corrected chi connectivity index (χ3v) is 4.38. The summed E-state index contributed by atoms with van der Waals surface area (Å²) in [6, 6.07) is 6.94. The van der Waals surface area contributed by atoms with Gasteiger partial charge in [0.05, 0.1) is 4.90 Å². The lowest BCUT2D eigenvalue weighted by Gasteiger charge is -2.25. The van der Waals surface area contributed by atoms with Crippen LogP contribution in [0.4, 0.5) is 0 Å². The molecule has 1 saturated heterocycles. The van der Waals surface area contributed by atoms with Crippen molar-refractivity contribution in [3.63, 3.8) is 0 Å². The normalized spacial score (nSPS) is 18.6. The Kier molecular flexibility index (Phi) is 3.28. The maximum atomic E-state index is 12.2. The van der Waals surface area contributed by atoms with Crippen LogP contribution in [-0.2, 0) is 14.8 Å². The summed E-state index contributed by atoms with van der Waals surface area (Å²) in [5.41, 5.74) is 0.944. The molecule has 1 aliphatic rings. The summed E-state index contributed by atoms with van der Waals surface area (Å²) in [6.07, 6.45) is 0.755. The Labute approximate surface area is 95.9 Å². The van der Waals surface area contributed by atoms with Gasteiger partial charge in [0.25, 0.3) is 0 Å². The van der Waals surface area contributed by atoms with Gasteiger partial charge in [-0.3, -0.25) is 0 Å². The molecule has 0 bridgehead atoms. The number of ether oxygens (including phenoxy) is 1. The second-order valence-corrected chi connectivity index (χ2v) is 5.83. The molecule has 0 unspecified atom stereocenters. The third kappa shape index (κ3) is 2.26. The Bertz CT molecular complexity index is 464. The van der Waals surface area contributed by atoms with E-state index in [-0.39, 0.29) is 6.73 Å². The van der Waals surface area contributed by atoms with Gasteiger partial charge in [-0.15, -0.1) is 0 Å². The Balaban J connectivity index is 2.30. The molecule has 0 spiro atoms. The molecule has 1 fully saturated rings. The number of rotatable bonds is 2. The topological polar surface area (TPSA) is 46.6 Å². The van der Waals surface area contributed by atoms with Crippen molar-refractivity contribution in [2.24, 2.45) is 0 Å². The molecule has 16 heavy (non-hydrogen) atoms. The van der Waals surface area contributed by atoms with Crippen molar-refractivity contribution < 1.29 is 13.2 Å². The summed E-state index contributed by atoms with van der Waals surface area (Å²) in [5, 5.41) is 0. The summed E-state index contributed by atoms with van der Waals surface area (Å²) in [6.45, 7) is 3.22. The van der Waals surface area contributed by atoms with Crippen LogP contribution in [0.3, 0.4) is 0 Å². The fourth-order valence-corrected chi connectivity index (χ4v) is 3.15. The second kappa shape index (κ2) is 4.53. The molecule has 0 aromatic heterocycles. The standard InChI is InChI=1S/C11H15NO3S/c1-10-4-2-5-11(8-10)16(13,14)12-6-3-7-15-9-12/h2,4-5,8H,3,6-7,9H2,1H3. The number of hydrogen-bond acceptors (Lipinski definition) is 3. The van der Waals surface area contributed by atoms with Crippen molar-refractivity contribution in [1.29, 1.82) is 0 Å². The van der Waals surface area contributed by atoms with Gasteiger partial charge >= 0.3 is 0 Å². The van der Waals surface area contributed by atoms with Crippen molar-refractivity contribution in [2.45, 2.75) is 18.2 Å². The van der Waals surface area contributed by atoms with E-state index in [1.807, 2.05) is 13.0 Å². The highest BCUT2D eigenvalue weighted by Gasteiger charge is 2.26. The molecule has 0 atom stereocenters. The predicted octanol–water partition coefficient (Wildman–Crippen LogP) is 1.36. The molecule has 4 nitrogen and oxygen atoms in total. The molecule has 2 rings (SSSR count). The number of benzene rings is 1. The average molecular weight is 241 g/mol. The Hall–Kier alpha value is -0.910. The maximum absolute atomic E-state index is 12.2. The van der Waals surface area contributed by atoms with Crippen LogP contribution >= 0.6 is 0 Å². The fourth-order valence-electron chi connectivity index (χ4n) is 1.69. The molecular formula is C11H15NO3S. The van der Waals surface area contributed by atoms with E-state index in [1.165, 1.54) is 4.31 Å². The quantitative estimate of drug-likeness (QED) is 0.785. The Morgan fingerprint density at radius 3 is 2.81 bits per heavy atom. The first-order valence-electron chi connectivity index (χ1n) is 5.25. The van der Waals surface area contributed by atoms with E-state index < -0.39 is 10.0 Å². The Morgan fingerprint density at radius 2 is 2.19 bits per heavy atom. The first-order valence-corrected chi connectivity index (χ1v) is 6.69. The molecule has 0 N–H and O–H groups in total. The summed E-state index contributed by atoms with van der Waals surface area (Å²) in [5.74, 6) is 0. The number of sulfonamides is 1. The highest BCUT2D eigenvalue weighted by molar-refractivity contribution is 7.89. The van der Waals surface area contributed by atoms with E-state index in [1.54, 1.807) is 18.2 Å². The summed E-state index contributed by atoms with van der Waals surface area (Å²) < 4.78 is 30.9. The van der Waals surface area contributed by atoms with Gasteiger partial charge in [-0.05, 0) is 31.0 Å². The monoisotopic (exact) mass is 241 g/mol. The van der Waals surface area contributed by atoms with Crippen molar-refractivity contribution in [3.8, 4) is 0 Å². The summed E-state index contributed by atoms with van der Waals surface area (Å²) in [4.78, 5) is 0.345. The second-order valence-electron chi connectivity index (χ2n) is 3.89. The number of hydrogen-bond donors (Lipinski definition) is 0. The molecule has 1 aliphatic heterocycles. The van der Waals surface area contributed by atoms with Crippen LogP contribution in [0.15, 0.2) is 29.2 Å². The molecule has 0 amide bonds. The van der Waals surface area contributed by atoms with Crippen LogP contribution in [0.1, 0.15) is 12.0 Å². The molecule has 0 radical (unpaired) electrons. The summed E-state index contributed by atoms with van der Waals surface area (Å²) in [7, 11) is -3.38. The lowest BCUT2D eigenvalue weighted by molar-refractivity contribution is 0.0313. The van der Waals surface area contributed by atoms with Gasteiger partial charge in [0.1, 0.15) is 6.73 Å². The third-order valence-electron chi connectivity index (χ3n) is 2.56. The van der Waals surface area contributed by atoms with Crippen LogP contribution in [-0.4, -0.2) is 32.6 Å². The van der Waals surface area contributed by atoms with E-state index in [0.717, 1.165) is 12.0 Å². The van der Waals surface area contributed by atoms with Gasteiger partial charge in [0, 0.05) is 13.2 Å². The average Bonchev–Trinajstić information content (AvgIpc) is 2.30. The fraction of sp³-hybridized carbons (Fsp3) is 0.455. The predicted molar refractivity (Wildman–Crippen MR) is 60.5 cm³/mol. The SMILES string of the molecule is Cc1cccc(S(=O)(=O)N2CCCOC2)c1. The van der Waals surface area contributed by atoms with Gasteiger partial charge in [-0.25, -0.2) is 8.42 Å². The molecule has 5 heteroatoms. The maximum Gasteiger partial charge on any atom is 0.245 e. The minimum atomic E-state index is -3.38. The van der Waals surface area contributed by atoms with Gasteiger partial charge in [0.2, 0.25) is 10.0 Å². The molecule has 0 saturated carbocycles. The van der Waals surface area contributed by atoms with Crippen LogP contribution in [0.2, 0.25) is 0 Å². The molecule has 0 aliphatic carbocycles. The largest absolute Gasteiger partial charge is 0.365 e. The van der Waals surface area contributed by atoms with E-state index in [9.17, 15) is 8.42 Å². The van der Waals surface area contributed by atoms with Crippen LogP contribution in [0.5, 0.6) is 0 Å². The van der Waals surface area contributed by atoms with Crippen molar-refractivity contribution in [1.82, 2.24) is 4.31 Å². The van der Waals surface area contributed by atoms with E-state index in [0.29, 0.717) is 18.0 Å². The molecule has 88 valence electrons. The first-order chi connectivity index (χ1) is 7.60. The van der Waals surface area contributed by atoms with Crippen molar-refractivity contribution >= 4 is 10.0 Å². The minimum absolute atomic E-state index is 0.163. The van der Waals surface area contributed by atoms with E-state index >= 15 is 0 Å². The van der Waals surface area contributed by atoms with Crippen LogP contribution in [0.25, 0.3) is 0 Å². The van der Waals surface area contributed by atoms with Gasteiger partial charge in [-0.1, -0.05) is 12.1 Å². The van der Waals surface area contributed by atoms with E-state index in [2.05, 4.69) is 0 Å². The Morgan fingerprint density at radius 1 is 1.38 bits per heavy atom. The van der Waals surface area contributed by atoms with Crippen LogP contribution < -0.4 is 0 Å². The van der Waals surface area contributed by atoms with Crippen molar-refractivity contribution in [3.05, 3.63) is 29.8 Å². The van der Waals surface area contributed by atoms with Crippen LogP contribution in [0, 0.1) is 6.92 Å². The first kappa shape index (κ1) is 11.6. The zero-order chi connectivity index (χ0) is 11.6. The van der Waals surface area contributed by atoms with Gasteiger partial charge in [-0.2, -0.15) is 4.31 Å². The summed E-state index contributed by atoms with van der Waals surface area (Å²) >= 11 is 0. The molecular weight excluding hydrogens is 226 g/mol. The zero-order valence-corrected chi connectivity index (χ0v) is 10.0. The van der Waals surface area contributed by atoms with Crippen molar-refractivity contribution in [2.75, 3.05) is 19.9 Å². The molecule has 1 aromatic carbocycles. The lowest BCUT2D eigenvalue weighted by atomic mass is 10.2. The highest BCUT2D eigenvalue weighted by Crippen LogP contribution is 2.18. The lowest BCUT2D eigenvalue weighted by Crippen LogP contribution is -2.38. The number of nitrogens with zero attached hydrogens (tertiary/aromatic N) is 1. The minimum Gasteiger partial charge on any atom is -0.365 e. The zero-order valence-electron chi connectivity index (χ0n) is 9.22. The molecule has 1 aromatic rings. The van der Waals surface area contributed by atoms with Gasteiger partial charge in [0.15, 0.2) is 0 Å². The smallest absolute Gasteiger partial charge is 0.245 e. The number of aryl methyl sites for hydroxylation is 1. The highest BCUT2D eigenvalue weighted by atomic mass is 32.2. The van der Waals surface area contributed by atoms with E-state index in [4.69, 9.17) is 4.74 Å². The molecule has 1 heterocycles.